The van der Waals surface area contributed by atoms with E-state index < -0.39 is 0 Å². The summed E-state index contributed by atoms with van der Waals surface area (Å²) in [5.41, 5.74) is 4.92. The van der Waals surface area contributed by atoms with Crippen molar-refractivity contribution in [2.24, 2.45) is 0 Å². The molecule has 0 atom stereocenters. The Bertz CT molecular complexity index is 742. The molecule has 3 rings (SSSR count). The first-order valence-corrected chi connectivity index (χ1v) is 10.6. The van der Waals surface area contributed by atoms with Crippen LogP contribution in [0.5, 0.6) is 0 Å². The summed E-state index contributed by atoms with van der Waals surface area (Å²) in [5, 5.41) is 0. The molecule has 1 fully saturated rings. The lowest BCUT2D eigenvalue weighted by Crippen LogP contribution is -2.36. The molecule has 144 valence electrons. The van der Waals surface area contributed by atoms with Crippen LogP contribution in [0.15, 0.2) is 48.5 Å². The Hall–Kier alpha value is -1.98. The number of anilines is 1. The van der Waals surface area contributed by atoms with Gasteiger partial charge in [0.1, 0.15) is 0 Å². The average molecular weight is 385 g/mol. The molecule has 1 saturated heterocycles. The molecule has 4 nitrogen and oxygen atoms in total. The molecular formula is C22H28N2O2S. The SMILES string of the molecule is Cc1cccc(CSCC(=O)N(C)Cc2ccc(N3CCOCC3)cc2)c1. The number of thioether (sulfide) groups is 1. The van der Waals surface area contributed by atoms with Crippen LogP contribution in [0.3, 0.4) is 0 Å². The zero-order chi connectivity index (χ0) is 19.1. The molecule has 0 unspecified atom stereocenters. The van der Waals surface area contributed by atoms with Gasteiger partial charge in [0.2, 0.25) is 5.91 Å². The number of nitrogens with zero attached hydrogens (tertiary/aromatic N) is 2. The predicted octanol–water partition coefficient (Wildman–Crippen LogP) is 3.72. The molecule has 0 bridgehead atoms. The molecule has 2 aromatic carbocycles. The molecule has 0 aliphatic carbocycles. The Labute approximate surface area is 166 Å². The maximum absolute atomic E-state index is 12.4. The van der Waals surface area contributed by atoms with E-state index >= 15 is 0 Å². The lowest BCUT2D eigenvalue weighted by molar-refractivity contribution is -0.127. The van der Waals surface area contributed by atoms with Gasteiger partial charge in [-0.1, -0.05) is 42.0 Å². The largest absolute Gasteiger partial charge is 0.378 e. The Kier molecular flexibility index (Phi) is 7.18. The van der Waals surface area contributed by atoms with Crippen LogP contribution in [0.1, 0.15) is 16.7 Å². The first-order valence-electron chi connectivity index (χ1n) is 9.41. The summed E-state index contributed by atoms with van der Waals surface area (Å²) in [5.74, 6) is 1.55. The molecule has 2 aromatic rings. The summed E-state index contributed by atoms with van der Waals surface area (Å²) < 4.78 is 5.40. The quantitative estimate of drug-likeness (QED) is 0.728. The summed E-state index contributed by atoms with van der Waals surface area (Å²) in [4.78, 5) is 16.6. The van der Waals surface area contributed by atoms with Crippen LogP contribution in [0.25, 0.3) is 0 Å². The molecule has 1 heterocycles. The minimum atomic E-state index is 0.171. The van der Waals surface area contributed by atoms with Crippen molar-refractivity contribution in [3.63, 3.8) is 0 Å². The van der Waals surface area contributed by atoms with E-state index in [1.165, 1.54) is 16.8 Å². The number of ether oxygens (including phenoxy) is 1. The minimum Gasteiger partial charge on any atom is -0.378 e. The number of amides is 1. The van der Waals surface area contributed by atoms with Crippen molar-refractivity contribution in [3.8, 4) is 0 Å². The smallest absolute Gasteiger partial charge is 0.232 e. The van der Waals surface area contributed by atoms with Crippen molar-refractivity contribution >= 4 is 23.4 Å². The number of hydrogen-bond donors (Lipinski definition) is 0. The van der Waals surface area contributed by atoms with Crippen LogP contribution in [0, 0.1) is 6.92 Å². The Morgan fingerprint density at radius 1 is 1.11 bits per heavy atom. The van der Waals surface area contributed by atoms with Crippen LogP contribution in [-0.4, -0.2) is 49.9 Å². The van der Waals surface area contributed by atoms with E-state index in [1.807, 2.05) is 11.9 Å². The maximum Gasteiger partial charge on any atom is 0.232 e. The Morgan fingerprint density at radius 3 is 2.56 bits per heavy atom. The number of carbonyl (C=O) groups excluding carboxylic acids is 1. The number of aryl methyl sites for hydroxylation is 1. The number of morpholine rings is 1. The summed E-state index contributed by atoms with van der Waals surface area (Å²) in [6.45, 7) is 6.20. The van der Waals surface area contributed by atoms with E-state index in [9.17, 15) is 4.79 Å². The second-order valence-corrected chi connectivity index (χ2v) is 7.98. The second kappa shape index (κ2) is 9.81. The number of carbonyl (C=O) groups is 1. The average Bonchev–Trinajstić information content (AvgIpc) is 2.69. The highest BCUT2D eigenvalue weighted by molar-refractivity contribution is 7.99. The van der Waals surface area contributed by atoms with Gasteiger partial charge in [-0.25, -0.2) is 0 Å². The van der Waals surface area contributed by atoms with Gasteiger partial charge in [0, 0.05) is 38.1 Å². The summed E-state index contributed by atoms with van der Waals surface area (Å²) >= 11 is 1.67. The van der Waals surface area contributed by atoms with E-state index in [1.54, 1.807) is 11.8 Å². The summed E-state index contributed by atoms with van der Waals surface area (Å²) in [6, 6.07) is 17.0. The highest BCUT2D eigenvalue weighted by Crippen LogP contribution is 2.18. The summed E-state index contributed by atoms with van der Waals surface area (Å²) in [6.07, 6.45) is 0. The van der Waals surface area contributed by atoms with Gasteiger partial charge in [0.25, 0.3) is 0 Å². The molecule has 0 N–H and O–H groups in total. The first-order chi connectivity index (χ1) is 13.1. The topological polar surface area (TPSA) is 32.8 Å². The van der Waals surface area contributed by atoms with Crippen molar-refractivity contribution in [3.05, 3.63) is 65.2 Å². The van der Waals surface area contributed by atoms with Crippen LogP contribution >= 0.6 is 11.8 Å². The van der Waals surface area contributed by atoms with Gasteiger partial charge in [-0.2, -0.15) is 0 Å². The van der Waals surface area contributed by atoms with Crippen LogP contribution in [0.2, 0.25) is 0 Å². The highest BCUT2D eigenvalue weighted by atomic mass is 32.2. The molecule has 0 saturated carbocycles. The van der Waals surface area contributed by atoms with Crippen molar-refractivity contribution < 1.29 is 9.53 Å². The van der Waals surface area contributed by atoms with E-state index in [2.05, 4.69) is 60.4 Å². The van der Waals surface area contributed by atoms with Gasteiger partial charge in [-0.3, -0.25) is 4.79 Å². The predicted molar refractivity (Wildman–Crippen MR) is 113 cm³/mol. The van der Waals surface area contributed by atoms with Crippen LogP contribution in [0.4, 0.5) is 5.69 Å². The zero-order valence-electron chi connectivity index (χ0n) is 16.2. The van der Waals surface area contributed by atoms with Gasteiger partial charge < -0.3 is 14.5 Å². The fraction of sp³-hybridized carbons (Fsp3) is 0.409. The number of rotatable bonds is 7. The molecule has 1 aliphatic heterocycles. The minimum absolute atomic E-state index is 0.171. The normalized spacial score (nSPS) is 14.2. The molecule has 0 aromatic heterocycles. The fourth-order valence-corrected chi connectivity index (χ4v) is 4.08. The van der Waals surface area contributed by atoms with E-state index in [-0.39, 0.29) is 5.91 Å². The molecule has 1 aliphatic rings. The number of benzene rings is 2. The van der Waals surface area contributed by atoms with Gasteiger partial charge in [0.15, 0.2) is 0 Å². The molecule has 27 heavy (non-hydrogen) atoms. The zero-order valence-corrected chi connectivity index (χ0v) is 17.0. The van der Waals surface area contributed by atoms with Gasteiger partial charge >= 0.3 is 0 Å². The van der Waals surface area contributed by atoms with Gasteiger partial charge in [0.05, 0.1) is 19.0 Å². The van der Waals surface area contributed by atoms with Gasteiger partial charge in [-0.15, -0.1) is 11.8 Å². The van der Waals surface area contributed by atoms with E-state index in [0.29, 0.717) is 12.3 Å². The highest BCUT2D eigenvalue weighted by Gasteiger charge is 2.12. The van der Waals surface area contributed by atoms with Crippen LogP contribution in [-0.2, 0) is 21.8 Å². The van der Waals surface area contributed by atoms with Crippen molar-refractivity contribution in [2.75, 3.05) is 44.0 Å². The number of hydrogen-bond acceptors (Lipinski definition) is 4. The molecule has 0 spiro atoms. The third kappa shape index (κ3) is 6.01. The fourth-order valence-electron chi connectivity index (χ4n) is 3.16. The maximum atomic E-state index is 12.4. The molecular weight excluding hydrogens is 356 g/mol. The Balaban J connectivity index is 1.44. The lowest BCUT2D eigenvalue weighted by atomic mass is 10.2. The first kappa shape index (κ1) is 19.8. The molecule has 1 amide bonds. The standard InChI is InChI=1S/C22H28N2O2S/c1-18-4-3-5-20(14-18)16-27-17-22(25)23(2)15-19-6-8-21(9-7-19)24-10-12-26-13-11-24/h3-9,14H,10-13,15-17H2,1-2H3. The third-order valence-electron chi connectivity index (χ3n) is 4.73. The molecule has 5 heteroatoms. The van der Waals surface area contributed by atoms with Crippen molar-refractivity contribution in [2.45, 2.75) is 19.2 Å². The van der Waals surface area contributed by atoms with E-state index in [0.717, 1.165) is 37.6 Å². The van der Waals surface area contributed by atoms with Crippen molar-refractivity contribution in [1.29, 1.82) is 0 Å². The summed E-state index contributed by atoms with van der Waals surface area (Å²) in [7, 11) is 1.88. The molecule has 0 radical (unpaired) electrons. The van der Waals surface area contributed by atoms with E-state index in [4.69, 9.17) is 4.74 Å². The van der Waals surface area contributed by atoms with Gasteiger partial charge in [-0.05, 0) is 30.2 Å². The van der Waals surface area contributed by atoms with Crippen LogP contribution < -0.4 is 4.90 Å². The second-order valence-electron chi connectivity index (χ2n) is 7.00. The lowest BCUT2D eigenvalue weighted by Gasteiger charge is -2.29. The van der Waals surface area contributed by atoms with Crippen molar-refractivity contribution in [1.82, 2.24) is 4.90 Å². The third-order valence-corrected chi connectivity index (χ3v) is 5.72. The Morgan fingerprint density at radius 2 is 1.85 bits per heavy atom. The monoisotopic (exact) mass is 384 g/mol.